The van der Waals surface area contributed by atoms with Crippen molar-refractivity contribution in [3.63, 3.8) is 0 Å². The minimum Gasteiger partial charge on any atom is -0.468 e. The number of hydrogen-bond acceptors (Lipinski definition) is 4. The number of methoxy groups -OCH3 is 1. The second kappa shape index (κ2) is 7.81. The molecule has 1 heterocycles. The molecular formula is C12H18N2O3S. The van der Waals surface area contributed by atoms with Crippen LogP contribution in [0.2, 0.25) is 0 Å². The van der Waals surface area contributed by atoms with Crippen LogP contribution >= 0.6 is 11.8 Å². The summed E-state index contributed by atoms with van der Waals surface area (Å²) in [5.41, 5.74) is 0. The topological polar surface area (TPSA) is 60.3 Å². The summed E-state index contributed by atoms with van der Waals surface area (Å²) in [6.07, 6.45) is 6.42. The summed E-state index contributed by atoms with van der Waals surface area (Å²) < 4.78 is 6.34. The third-order valence-electron chi connectivity index (χ3n) is 2.52. The Hall–Kier alpha value is -1.43. The molecule has 0 fully saturated rings. The molecule has 5 nitrogen and oxygen atoms in total. The maximum absolute atomic E-state index is 12.0. The van der Waals surface area contributed by atoms with Crippen molar-refractivity contribution in [1.29, 1.82) is 0 Å². The van der Waals surface area contributed by atoms with Crippen LogP contribution in [0.25, 0.3) is 0 Å². The highest BCUT2D eigenvalue weighted by Crippen LogP contribution is 2.14. The smallest absolute Gasteiger partial charge is 0.325 e. The Morgan fingerprint density at radius 2 is 2.06 bits per heavy atom. The summed E-state index contributed by atoms with van der Waals surface area (Å²) in [5.74, 6) is 0.277. The monoisotopic (exact) mass is 270 g/mol. The van der Waals surface area contributed by atoms with Gasteiger partial charge in [-0.05, 0) is 30.6 Å². The highest BCUT2D eigenvalue weighted by Gasteiger charge is 2.19. The molecule has 0 radical (unpaired) electrons. The molecule has 0 bridgehead atoms. The van der Waals surface area contributed by atoms with Crippen molar-refractivity contribution in [1.82, 2.24) is 9.88 Å². The van der Waals surface area contributed by atoms with Gasteiger partial charge in [-0.3, -0.25) is 9.59 Å². The molecule has 0 spiro atoms. The number of amides is 1. The molecule has 1 atom stereocenters. The second-order valence-electron chi connectivity index (χ2n) is 3.72. The zero-order valence-corrected chi connectivity index (χ0v) is 11.4. The van der Waals surface area contributed by atoms with Crippen molar-refractivity contribution < 1.29 is 14.3 Å². The quantitative estimate of drug-likeness (QED) is 0.753. The second-order valence-corrected chi connectivity index (χ2v) is 4.71. The number of ether oxygens (including phenoxy) is 1. The zero-order valence-electron chi connectivity index (χ0n) is 10.6. The maximum atomic E-state index is 12.0. The van der Waals surface area contributed by atoms with E-state index in [1.807, 2.05) is 35.3 Å². The van der Waals surface area contributed by atoms with Gasteiger partial charge in [0, 0.05) is 12.4 Å². The first-order valence-corrected chi connectivity index (χ1v) is 7.04. The molecular weight excluding hydrogens is 252 g/mol. The van der Waals surface area contributed by atoms with E-state index in [1.165, 1.54) is 7.11 Å². The Labute approximate surface area is 111 Å². The lowest BCUT2D eigenvalue weighted by Crippen LogP contribution is -2.36. The van der Waals surface area contributed by atoms with E-state index < -0.39 is 5.97 Å². The van der Waals surface area contributed by atoms with Gasteiger partial charge in [0.1, 0.15) is 12.6 Å². The van der Waals surface area contributed by atoms with Gasteiger partial charge in [-0.2, -0.15) is 11.8 Å². The maximum Gasteiger partial charge on any atom is 0.325 e. The minimum absolute atomic E-state index is 0.0909. The van der Waals surface area contributed by atoms with Gasteiger partial charge < -0.3 is 14.6 Å². The Morgan fingerprint density at radius 1 is 1.39 bits per heavy atom. The molecule has 0 aromatic carbocycles. The van der Waals surface area contributed by atoms with E-state index in [1.54, 1.807) is 11.8 Å². The van der Waals surface area contributed by atoms with Crippen molar-refractivity contribution in [2.45, 2.75) is 12.5 Å². The van der Waals surface area contributed by atoms with Gasteiger partial charge in [0.2, 0.25) is 5.91 Å². The van der Waals surface area contributed by atoms with Gasteiger partial charge in [-0.1, -0.05) is 0 Å². The van der Waals surface area contributed by atoms with Crippen LogP contribution in [0.4, 0.5) is 0 Å². The SMILES string of the molecule is COC(=O)CNC(=O)[C@@H](CCSC)n1cccc1. The Morgan fingerprint density at radius 3 is 2.61 bits per heavy atom. The van der Waals surface area contributed by atoms with E-state index >= 15 is 0 Å². The summed E-state index contributed by atoms with van der Waals surface area (Å²) in [6, 6.07) is 3.47. The highest BCUT2D eigenvalue weighted by molar-refractivity contribution is 7.98. The standard InChI is InChI=1S/C12H18N2O3S/c1-17-11(15)9-13-12(16)10(5-8-18-2)14-6-3-4-7-14/h3-4,6-7,10H,5,8-9H2,1-2H3,(H,13,16)/t10-/m1/s1. The third kappa shape index (κ3) is 4.44. The van der Waals surface area contributed by atoms with Crippen molar-refractivity contribution in [2.24, 2.45) is 0 Å². The third-order valence-corrected chi connectivity index (χ3v) is 3.16. The molecule has 1 amide bonds. The Balaban J connectivity index is 2.59. The first-order valence-electron chi connectivity index (χ1n) is 5.65. The average Bonchev–Trinajstić information content (AvgIpc) is 2.90. The molecule has 0 unspecified atom stereocenters. The van der Waals surface area contributed by atoms with Gasteiger partial charge in [-0.15, -0.1) is 0 Å². The summed E-state index contributed by atoms with van der Waals surface area (Å²) in [6.45, 7) is -0.0909. The summed E-state index contributed by atoms with van der Waals surface area (Å²) in [4.78, 5) is 23.0. The lowest BCUT2D eigenvalue weighted by atomic mass is 10.2. The van der Waals surface area contributed by atoms with Crippen LogP contribution in [0.3, 0.4) is 0 Å². The molecule has 1 rings (SSSR count). The molecule has 18 heavy (non-hydrogen) atoms. The van der Waals surface area contributed by atoms with E-state index in [0.29, 0.717) is 0 Å². The van der Waals surface area contributed by atoms with E-state index in [9.17, 15) is 9.59 Å². The molecule has 6 heteroatoms. The van der Waals surface area contributed by atoms with Crippen LogP contribution < -0.4 is 5.32 Å². The van der Waals surface area contributed by atoms with Gasteiger partial charge in [0.25, 0.3) is 0 Å². The van der Waals surface area contributed by atoms with Crippen molar-refractivity contribution in [3.05, 3.63) is 24.5 Å². The molecule has 1 aromatic heterocycles. The molecule has 1 N–H and O–H groups in total. The minimum atomic E-state index is -0.445. The normalized spacial score (nSPS) is 11.9. The highest BCUT2D eigenvalue weighted by atomic mass is 32.2. The van der Waals surface area contributed by atoms with Crippen molar-refractivity contribution in [2.75, 3.05) is 25.7 Å². The number of aromatic nitrogens is 1. The number of rotatable bonds is 7. The number of nitrogens with zero attached hydrogens (tertiary/aromatic N) is 1. The van der Waals surface area contributed by atoms with Crippen LogP contribution in [0.1, 0.15) is 12.5 Å². The fourth-order valence-corrected chi connectivity index (χ4v) is 2.01. The van der Waals surface area contributed by atoms with Crippen LogP contribution in [-0.2, 0) is 14.3 Å². The number of carbonyl (C=O) groups excluding carboxylic acids is 2. The Bertz CT molecular complexity index is 379. The molecule has 0 aliphatic carbocycles. The number of esters is 1. The van der Waals surface area contributed by atoms with Gasteiger partial charge >= 0.3 is 5.97 Å². The molecule has 100 valence electrons. The lowest BCUT2D eigenvalue weighted by Gasteiger charge is -2.17. The molecule has 0 saturated heterocycles. The lowest BCUT2D eigenvalue weighted by molar-refractivity contribution is -0.141. The molecule has 0 aliphatic rings. The largest absolute Gasteiger partial charge is 0.468 e. The summed E-state index contributed by atoms with van der Waals surface area (Å²) in [5, 5.41) is 2.59. The zero-order chi connectivity index (χ0) is 13.4. The van der Waals surface area contributed by atoms with E-state index in [0.717, 1.165) is 12.2 Å². The van der Waals surface area contributed by atoms with E-state index in [4.69, 9.17) is 0 Å². The predicted octanol–water partition coefficient (Wildman–Crippen LogP) is 1.07. The average molecular weight is 270 g/mol. The first kappa shape index (κ1) is 14.6. The first-order chi connectivity index (χ1) is 8.69. The summed E-state index contributed by atoms with van der Waals surface area (Å²) in [7, 11) is 1.30. The van der Waals surface area contributed by atoms with Gasteiger partial charge in [0.15, 0.2) is 0 Å². The summed E-state index contributed by atoms with van der Waals surface area (Å²) >= 11 is 1.69. The van der Waals surface area contributed by atoms with E-state index in [-0.39, 0.29) is 18.5 Å². The van der Waals surface area contributed by atoms with Crippen LogP contribution in [0.15, 0.2) is 24.5 Å². The fourth-order valence-electron chi connectivity index (χ4n) is 1.55. The van der Waals surface area contributed by atoms with E-state index in [2.05, 4.69) is 10.1 Å². The molecule has 0 aliphatic heterocycles. The molecule has 1 aromatic rings. The number of thioether (sulfide) groups is 1. The van der Waals surface area contributed by atoms with Crippen molar-refractivity contribution >= 4 is 23.6 Å². The number of nitrogens with one attached hydrogen (secondary N) is 1. The number of carbonyl (C=O) groups is 2. The van der Waals surface area contributed by atoms with Crippen LogP contribution in [0.5, 0.6) is 0 Å². The fraction of sp³-hybridized carbons (Fsp3) is 0.500. The van der Waals surface area contributed by atoms with Gasteiger partial charge in [-0.25, -0.2) is 0 Å². The number of hydrogen-bond donors (Lipinski definition) is 1. The Kier molecular flexibility index (Phi) is 6.35. The van der Waals surface area contributed by atoms with Crippen molar-refractivity contribution in [3.8, 4) is 0 Å². The van der Waals surface area contributed by atoms with Crippen LogP contribution in [0, 0.1) is 0 Å². The van der Waals surface area contributed by atoms with Gasteiger partial charge in [0.05, 0.1) is 7.11 Å². The van der Waals surface area contributed by atoms with Crippen LogP contribution in [-0.4, -0.2) is 42.1 Å². The predicted molar refractivity (Wildman–Crippen MR) is 71.5 cm³/mol. The molecule has 0 saturated carbocycles.